The molecule has 1 saturated heterocycles. The van der Waals surface area contributed by atoms with E-state index in [0.29, 0.717) is 6.54 Å². The third kappa shape index (κ3) is 4.78. The molecule has 6 nitrogen and oxygen atoms in total. The molecule has 2 fully saturated rings. The van der Waals surface area contributed by atoms with Crippen LogP contribution in [0.1, 0.15) is 24.8 Å². The van der Waals surface area contributed by atoms with E-state index in [1.54, 1.807) is 0 Å². The predicted octanol–water partition coefficient (Wildman–Crippen LogP) is 1.70. The first kappa shape index (κ1) is 19.2. The third-order valence-corrected chi connectivity index (χ3v) is 4.65. The lowest BCUT2D eigenvalue weighted by atomic mass is 10.1. The van der Waals surface area contributed by atoms with Crippen molar-refractivity contribution in [3.63, 3.8) is 0 Å². The van der Waals surface area contributed by atoms with Gasteiger partial charge in [-0.05, 0) is 31.0 Å². The van der Waals surface area contributed by atoms with Gasteiger partial charge in [-0.15, -0.1) is 0 Å². The smallest absolute Gasteiger partial charge is 0.354 e. The van der Waals surface area contributed by atoms with E-state index in [0.717, 1.165) is 25.0 Å². The van der Waals surface area contributed by atoms with E-state index in [9.17, 15) is 27.6 Å². The van der Waals surface area contributed by atoms with Gasteiger partial charge in [-0.3, -0.25) is 14.4 Å². The standard InChI is InChI=1S/C18H20F3N3O3/c19-18(20,21)13-2-1-3-14(9-13)24-10-12(8-15(24)25)17(27)23-7-6-22-16(26)11-4-5-11/h1-3,9,11-12H,4-8,10H2,(H,22,26)(H,23,27)/t12-/m0/s1. The zero-order chi connectivity index (χ0) is 19.6. The van der Waals surface area contributed by atoms with Crippen molar-refractivity contribution in [2.45, 2.75) is 25.4 Å². The number of amides is 3. The molecule has 0 unspecified atom stereocenters. The second-order valence-corrected chi connectivity index (χ2v) is 6.81. The first-order valence-electron chi connectivity index (χ1n) is 8.79. The van der Waals surface area contributed by atoms with Gasteiger partial charge in [0.25, 0.3) is 0 Å². The largest absolute Gasteiger partial charge is 0.416 e. The van der Waals surface area contributed by atoms with Crippen molar-refractivity contribution in [1.29, 1.82) is 0 Å². The maximum atomic E-state index is 12.8. The highest BCUT2D eigenvalue weighted by molar-refractivity contribution is 6.00. The Labute approximate surface area is 154 Å². The molecule has 146 valence electrons. The van der Waals surface area contributed by atoms with E-state index in [1.807, 2.05) is 0 Å². The zero-order valence-corrected chi connectivity index (χ0v) is 14.5. The van der Waals surface area contributed by atoms with Gasteiger partial charge < -0.3 is 15.5 Å². The van der Waals surface area contributed by atoms with Gasteiger partial charge in [-0.25, -0.2) is 0 Å². The molecule has 27 heavy (non-hydrogen) atoms. The maximum absolute atomic E-state index is 12.8. The number of nitrogens with one attached hydrogen (secondary N) is 2. The van der Waals surface area contributed by atoms with Crippen molar-refractivity contribution in [3.8, 4) is 0 Å². The van der Waals surface area contributed by atoms with E-state index in [-0.39, 0.29) is 42.9 Å². The van der Waals surface area contributed by atoms with Crippen LogP contribution in [0.25, 0.3) is 0 Å². The molecule has 0 aromatic heterocycles. The minimum absolute atomic E-state index is 0.0176. The first-order valence-corrected chi connectivity index (χ1v) is 8.79. The molecule has 1 atom stereocenters. The SMILES string of the molecule is O=C(NCCNC(=O)[C@H]1CC(=O)N(c2cccc(C(F)(F)F)c2)C1)C1CC1. The van der Waals surface area contributed by atoms with Crippen LogP contribution < -0.4 is 15.5 Å². The Morgan fingerprint density at radius 2 is 1.70 bits per heavy atom. The average molecular weight is 383 g/mol. The van der Waals surface area contributed by atoms with Gasteiger partial charge in [0.15, 0.2) is 0 Å². The van der Waals surface area contributed by atoms with Crippen LogP contribution in [0.15, 0.2) is 24.3 Å². The number of carbonyl (C=O) groups is 3. The molecular formula is C18H20F3N3O3. The van der Waals surface area contributed by atoms with Crippen LogP contribution in [0.4, 0.5) is 18.9 Å². The van der Waals surface area contributed by atoms with Crippen LogP contribution in [0.2, 0.25) is 0 Å². The molecule has 1 aromatic rings. The van der Waals surface area contributed by atoms with Crippen LogP contribution in [-0.2, 0) is 20.6 Å². The lowest BCUT2D eigenvalue weighted by molar-refractivity contribution is -0.137. The molecule has 0 radical (unpaired) electrons. The summed E-state index contributed by atoms with van der Waals surface area (Å²) in [7, 11) is 0. The maximum Gasteiger partial charge on any atom is 0.416 e. The summed E-state index contributed by atoms with van der Waals surface area (Å²) >= 11 is 0. The quantitative estimate of drug-likeness (QED) is 0.734. The Balaban J connectivity index is 1.52. The molecule has 2 N–H and O–H groups in total. The van der Waals surface area contributed by atoms with Crippen molar-refractivity contribution >= 4 is 23.4 Å². The molecule has 0 spiro atoms. The Morgan fingerprint density at radius 1 is 1.07 bits per heavy atom. The molecule has 1 aliphatic heterocycles. The minimum atomic E-state index is -4.50. The summed E-state index contributed by atoms with van der Waals surface area (Å²) < 4.78 is 38.5. The van der Waals surface area contributed by atoms with E-state index in [4.69, 9.17) is 0 Å². The van der Waals surface area contributed by atoms with Gasteiger partial charge in [0, 0.05) is 37.7 Å². The second kappa shape index (κ2) is 7.58. The van der Waals surface area contributed by atoms with Crippen LogP contribution in [0.5, 0.6) is 0 Å². The highest BCUT2D eigenvalue weighted by Crippen LogP contribution is 2.33. The second-order valence-electron chi connectivity index (χ2n) is 6.81. The number of nitrogens with zero attached hydrogens (tertiary/aromatic N) is 1. The summed E-state index contributed by atoms with van der Waals surface area (Å²) in [6.45, 7) is 0.574. The number of anilines is 1. The third-order valence-electron chi connectivity index (χ3n) is 4.65. The molecule has 3 amide bonds. The number of rotatable bonds is 6. The van der Waals surface area contributed by atoms with Gasteiger partial charge >= 0.3 is 6.18 Å². The van der Waals surface area contributed by atoms with E-state index < -0.39 is 23.6 Å². The fourth-order valence-electron chi connectivity index (χ4n) is 2.99. The Morgan fingerprint density at radius 3 is 2.30 bits per heavy atom. The number of alkyl halides is 3. The zero-order valence-electron chi connectivity index (χ0n) is 14.5. The van der Waals surface area contributed by atoms with Crippen LogP contribution in [0, 0.1) is 11.8 Å². The molecule has 0 bridgehead atoms. The summed E-state index contributed by atoms with van der Waals surface area (Å²) in [6.07, 6.45) is -2.77. The van der Waals surface area contributed by atoms with Crippen molar-refractivity contribution in [3.05, 3.63) is 29.8 Å². The van der Waals surface area contributed by atoms with Gasteiger partial charge in [0.05, 0.1) is 11.5 Å². The molecule has 2 aliphatic rings. The average Bonchev–Trinajstić information content (AvgIpc) is 3.40. The first-order chi connectivity index (χ1) is 12.8. The number of carbonyl (C=O) groups excluding carboxylic acids is 3. The van der Waals surface area contributed by atoms with E-state index in [1.165, 1.54) is 17.0 Å². The van der Waals surface area contributed by atoms with E-state index >= 15 is 0 Å². The Hall–Kier alpha value is -2.58. The number of halogens is 3. The number of hydrogen-bond acceptors (Lipinski definition) is 3. The van der Waals surface area contributed by atoms with Gasteiger partial charge in [-0.2, -0.15) is 13.2 Å². The summed E-state index contributed by atoms with van der Waals surface area (Å²) in [5.74, 6) is -1.30. The highest BCUT2D eigenvalue weighted by Gasteiger charge is 2.37. The molecule has 1 saturated carbocycles. The Kier molecular flexibility index (Phi) is 5.38. The normalized spacial score (nSPS) is 19.9. The topological polar surface area (TPSA) is 78.5 Å². The Bertz CT molecular complexity index is 747. The monoisotopic (exact) mass is 383 g/mol. The summed E-state index contributed by atoms with van der Waals surface area (Å²) in [5.41, 5.74) is -0.714. The molecule has 9 heteroatoms. The lowest BCUT2D eigenvalue weighted by Gasteiger charge is -2.18. The van der Waals surface area contributed by atoms with Crippen molar-refractivity contribution in [1.82, 2.24) is 10.6 Å². The van der Waals surface area contributed by atoms with Gasteiger partial charge in [0.2, 0.25) is 17.7 Å². The van der Waals surface area contributed by atoms with Crippen LogP contribution in [-0.4, -0.2) is 37.4 Å². The van der Waals surface area contributed by atoms with Crippen LogP contribution in [0.3, 0.4) is 0 Å². The fraction of sp³-hybridized carbons (Fsp3) is 0.500. The summed E-state index contributed by atoms with van der Waals surface area (Å²) in [6, 6.07) is 4.50. The van der Waals surface area contributed by atoms with Crippen molar-refractivity contribution < 1.29 is 27.6 Å². The summed E-state index contributed by atoms with van der Waals surface area (Å²) in [4.78, 5) is 37.1. The molecule has 1 aromatic carbocycles. The lowest BCUT2D eigenvalue weighted by Crippen LogP contribution is -2.38. The number of benzene rings is 1. The fourth-order valence-corrected chi connectivity index (χ4v) is 2.99. The van der Waals surface area contributed by atoms with Gasteiger partial charge in [0.1, 0.15) is 0 Å². The molecule has 3 rings (SSSR count). The number of hydrogen-bond donors (Lipinski definition) is 2. The van der Waals surface area contributed by atoms with Crippen molar-refractivity contribution in [2.24, 2.45) is 11.8 Å². The molecular weight excluding hydrogens is 363 g/mol. The van der Waals surface area contributed by atoms with Crippen LogP contribution >= 0.6 is 0 Å². The minimum Gasteiger partial charge on any atom is -0.354 e. The van der Waals surface area contributed by atoms with Gasteiger partial charge in [-0.1, -0.05) is 6.07 Å². The highest BCUT2D eigenvalue weighted by atomic mass is 19.4. The molecule has 1 heterocycles. The summed E-state index contributed by atoms with van der Waals surface area (Å²) in [5, 5.41) is 5.37. The molecule has 1 aliphatic carbocycles. The van der Waals surface area contributed by atoms with Crippen molar-refractivity contribution in [2.75, 3.05) is 24.5 Å². The van der Waals surface area contributed by atoms with E-state index in [2.05, 4.69) is 10.6 Å². The predicted molar refractivity (Wildman–Crippen MR) is 90.6 cm³/mol.